The number of benzene rings is 2. The van der Waals surface area contributed by atoms with Crippen molar-refractivity contribution in [3.63, 3.8) is 0 Å². The third kappa shape index (κ3) is 5.10. The first-order valence-electron chi connectivity index (χ1n) is 8.72. The van der Waals surface area contributed by atoms with E-state index in [0.29, 0.717) is 24.3 Å². The number of aromatic nitrogens is 2. The number of halogens is 1. The molecule has 0 atom stereocenters. The molecule has 6 heteroatoms. The van der Waals surface area contributed by atoms with Crippen molar-refractivity contribution in [1.29, 1.82) is 0 Å². The molecule has 0 radical (unpaired) electrons. The van der Waals surface area contributed by atoms with E-state index in [1.165, 1.54) is 35.0 Å². The number of anilines is 1. The van der Waals surface area contributed by atoms with Crippen LogP contribution in [0.1, 0.15) is 18.4 Å². The summed E-state index contributed by atoms with van der Waals surface area (Å²) < 4.78 is 14.3. The minimum atomic E-state index is -0.355. The monoisotopic (exact) mass is 365 g/mol. The Kier molecular flexibility index (Phi) is 5.76. The molecule has 1 N–H and O–H groups in total. The molecule has 0 aliphatic heterocycles. The van der Waals surface area contributed by atoms with E-state index < -0.39 is 0 Å². The molecule has 0 saturated carbocycles. The summed E-state index contributed by atoms with van der Waals surface area (Å²) in [5.74, 6) is -0.545. The Morgan fingerprint density at radius 2 is 1.74 bits per heavy atom. The fourth-order valence-corrected chi connectivity index (χ4v) is 2.63. The number of nitrogens with zero attached hydrogens (tertiary/aromatic N) is 2. The number of hydrogen-bond acceptors (Lipinski definition) is 3. The molecule has 1 amide bonds. The molecule has 0 fully saturated rings. The number of carbonyl (C=O) groups excluding carboxylic acids is 1. The second kappa shape index (κ2) is 8.40. The highest BCUT2D eigenvalue weighted by molar-refractivity contribution is 5.90. The molecule has 3 rings (SSSR count). The van der Waals surface area contributed by atoms with Gasteiger partial charge in [0, 0.05) is 30.3 Å². The van der Waals surface area contributed by atoms with Gasteiger partial charge in [0.1, 0.15) is 5.82 Å². The fourth-order valence-electron chi connectivity index (χ4n) is 2.63. The van der Waals surface area contributed by atoms with E-state index in [4.69, 9.17) is 0 Å². The Morgan fingerprint density at radius 1 is 1.04 bits per heavy atom. The van der Waals surface area contributed by atoms with Crippen molar-refractivity contribution < 1.29 is 9.18 Å². The van der Waals surface area contributed by atoms with Gasteiger partial charge in [-0.05, 0) is 43.7 Å². The molecule has 0 saturated heterocycles. The summed E-state index contributed by atoms with van der Waals surface area (Å²) in [6.07, 6.45) is 0.706. The lowest BCUT2D eigenvalue weighted by atomic mass is 10.1. The second-order valence-corrected chi connectivity index (χ2v) is 6.30. The smallest absolute Gasteiger partial charge is 0.266 e. The molecule has 1 heterocycles. The van der Waals surface area contributed by atoms with Gasteiger partial charge in [-0.1, -0.05) is 29.8 Å². The SMILES string of the molecule is Cc1ccc(-c2ccc(=O)n(CCCC(=O)Nc3ccc(F)cc3)n2)cc1. The highest BCUT2D eigenvalue weighted by Gasteiger charge is 2.06. The molecule has 3 aromatic rings. The fraction of sp³-hybridized carbons (Fsp3) is 0.190. The molecule has 0 aliphatic rings. The molecule has 0 aliphatic carbocycles. The number of hydrogen-bond donors (Lipinski definition) is 1. The van der Waals surface area contributed by atoms with E-state index >= 15 is 0 Å². The van der Waals surface area contributed by atoms with Crippen LogP contribution in [0.3, 0.4) is 0 Å². The number of carbonyl (C=O) groups is 1. The van der Waals surface area contributed by atoms with Gasteiger partial charge in [-0.25, -0.2) is 9.07 Å². The average molecular weight is 365 g/mol. The minimum Gasteiger partial charge on any atom is -0.326 e. The Morgan fingerprint density at radius 3 is 2.44 bits per heavy atom. The van der Waals surface area contributed by atoms with Crippen molar-refractivity contribution in [2.45, 2.75) is 26.3 Å². The number of amides is 1. The van der Waals surface area contributed by atoms with E-state index in [1.54, 1.807) is 6.07 Å². The molecule has 2 aromatic carbocycles. The Labute approximate surface area is 156 Å². The van der Waals surface area contributed by atoms with Gasteiger partial charge >= 0.3 is 0 Å². The first kappa shape index (κ1) is 18.5. The molecule has 0 spiro atoms. The largest absolute Gasteiger partial charge is 0.326 e. The highest BCUT2D eigenvalue weighted by atomic mass is 19.1. The van der Waals surface area contributed by atoms with Crippen LogP contribution >= 0.6 is 0 Å². The van der Waals surface area contributed by atoms with Crippen molar-refractivity contribution >= 4 is 11.6 Å². The van der Waals surface area contributed by atoms with Crippen LogP contribution in [0.5, 0.6) is 0 Å². The lowest BCUT2D eigenvalue weighted by Gasteiger charge is -2.08. The molecular formula is C21H20FN3O2. The highest BCUT2D eigenvalue weighted by Crippen LogP contribution is 2.16. The van der Waals surface area contributed by atoms with Gasteiger partial charge in [0.15, 0.2) is 0 Å². The first-order chi connectivity index (χ1) is 13.0. The predicted molar refractivity (Wildman–Crippen MR) is 103 cm³/mol. The summed E-state index contributed by atoms with van der Waals surface area (Å²) in [5.41, 5.74) is 3.14. The van der Waals surface area contributed by atoms with Crippen molar-refractivity contribution in [3.8, 4) is 11.3 Å². The van der Waals surface area contributed by atoms with Crippen LogP contribution in [0.25, 0.3) is 11.3 Å². The Bertz CT molecular complexity index is 980. The van der Waals surface area contributed by atoms with Crippen LogP contribution in [0, 0.1) is 12.7 Å². The van der Waals surface area contributed by atoms with Crippen LogP contribution in [0.15, 0.2) is 65.5 Å². The van der Waals surface area contributed by atoms with Crippen molar-refractivity contribution in [2.24, 2.45) is 0 Å². The van der Waals surface area contributed by atoms with Crippen LogP contribution < -0.4 is 10.9 Å². The van der Waals surface area contributed by atoms with E-state index in [2.05, 4.69) is 10.4 Å². The van der Waals surface area contributed by atoms with Crippen LogP contribution in [-0.2, 0) is 11.3 Å². The zero-order valence-corrected chi connectivity index (χ0v) is 15.0. The predicted octanol–water partition coefficient (Wildman–Crippen LogP) is 3.78. The number of rotatable bonds is 6. The van der Waals surface area contributed by atoms with Crippen molar-refractivity contribution in [1.82, 2.24) is 9.78 Å². The lowest BCUT2D eigenvalue weighted by Crippen LogP contribution is -2.23. The third-order valence-electron chi connectivity index (χ3n) is 4.12. The van der Waals surface area contributed by atoms with Crippen LogP contribution in [-0.4, -0.2) is 15.7 Å². The van der Waals surface area contributed by atoms with Gasteiger partial charge in [-0.3, -0.25) is 9.59 Å². The maximum absolute atomic E-state index is 12.9. The maximum atomic E-state index is 12.9. The van der Waals surface area contributed by atoms with E-state index in [-0.39, 0.29) is 23.7 Å². The summed E-state index contributed by atoms with van der Waals surface area (Å²) in [6.45, 7) is 2.35. The number of aryl methyl sites for hydroxylation is 2. The minimum absolute atomic E-state index is 0.190. The zero-order valence-electron chi connectivity index (χ0n) is 15.0. The van der Waals surface area contributed by atoms with Gasteiger partial charge in [-0.15, -0.1) is 0 Å². The van der Waals surface area contributed by atoms with Crippen LogP contribution in [0.4, 0.5) is 10.1 Å². The van der Waals surface area contributed by atoms with Gasteiger partial charge in [0.25, 0.3) is 5.56 Å². The summed E-state index contributed by atoms with van der Waals surface area (Å²) >= 11 is 0. The normalized spacial score (nSPS) is 10.6. The zero-order chi connectivity index (χ0) is 19.2. The summed E-state index contributed by atoms with van der Waals surface area (Å²) in [6, 6.07) is 16.7. The quantitative estimate of drug-likeness (QED) is 0.723. The van der Waals surface area contributed by atoms with Crippen molar-refractivity contribution in [2.75, 3.05) is 5.32 Å². The summed E-state index contributed by atoms with van der Waals surface area (Å²) in [5, 5.41) is 7.09. The lowest BCUT2D eigenvalue weighted by molar-refractivity contribution is -0.116. The van der Waals surface area contributed by atoms with Gasteiger partial charge in [0.05, 0.1) is 5.69 Å². The Hall–Kier alpha value is -3.28. The first-order valence-corrected chi connectivity index (χ1v) is 8.72. The van der Waals surface area contributed by atoms with E-state index in [1.807, 2.05) is 31.2 Å². The molecule has 138 valence electrons. The van der Waals surface area contributed by atoms with Gasteiger partial charge in [-0.2, -0.15) is 5.10 Å². The summed E-state index contributed by atoms with van der Waals surface area (Å²) in [7, 11) is 0. The molecule has 1 aromatic heterocycles. The number of nitrogens with one attached hydrogen (secondary N) is 1. The van der Waals surface area contributed by atoms with Gasteiger partial charge < -0.3 is 5.32 Å². The molecule has 0 unspecified atom stereocenters. The van der Waals surface area contributed by atoms with Crippen LogP contribution in [0.2, 0.25) is 0 Å². The molecular weight excluding hydrogens is 345 g/mol. The summed E-state index contributed by atoms with van der Waals surface area (Å²) in [4.78, 5) is 24.0. The van der Waals surface area contributed by atoms with E-state index in [0.717, 1.165) is 11.1 Å². The molecule has 0 bridgehead atoms. The topological polar surface area (TPSA) is 64.0 Å². The molecule has 5 nitrogen and oxygen atoms in total. The standard InChI is InChI=1S/C21H20FN3O2/c1-15-4-6-16(7-5-15)19-12-13-21(27)25(24-19)14-2-3-20(26)23-18-10-8-17(22)9-11-18/h4-13H,2-3,14H2,1H3,(H,23,26). The van der Waals surface area contributed by atoms with E-state index in [9.17, 15) is 14.0 Å². The second-order valence-electron chi connectivity index (χ2n) is 6.30. The van der Waals surface area contributed by atoms with Crippen molar-refractivity contribution in [3.05, 3.63) is 82.4 Å². The third-order valence-corrected chi connectivity index (χ3v) is 4.12. The maximum Gasteiger partial charge on any atom is 0.266 e. The molecule has 27 heavy (non-hydrogen) atoms. The van der Waals surface area contributed by atoms with Gasteiger partial charge in [0.2, 0.25) is 5.91 Å². The average Bonchev–Trinajstić information content (AvgIpc) is 2.66. The Balaban J connectivity index is 1.59.